The average Bonchev–Trinajstić information content (AvgIpc) is 2.79. The predicted molar refractivity (Wildman–Crippen MR) is 58.9 cm³/mol. The first kappa shape index (κ1) is 13.2. The number of aliphatic hydroxyl groups excluding tert-OH is 1. The zero-order valence-electron chi connectivity index (χ0n) is 9.55. The molecule has 0 radical (unpaired) electrons. The summed E-state index contributed by atoms with van der Waals surface area (Å²) in [6.45, 7) is 2.69. The predicted octanol–water partition coefficient (Wildman–Crippen LogP) is 0.822. The lowest BCUT2D eigenvalue weighted by Crippen LogP contribution is -2.31. The van der Waals surface area contributed by atoms with Crippen LogP contribution in [0.25, 0.3) is 0 Å². The number of carboxylic acids is 1. The third kappa shape index (κ3) is 3.32. The maximum absolute atomic E-state index is 11.9. The van der Waals surface area contributed by atoms with Gasteiger partial charge in [0.05, 0.1) is 5.56 Å². The zero-order chi connectivity index (χ0) is 12.8. The van der Waals surface area contributed by atoms with Crippen molar-refractivity contribution in [3.8, 4) is 0 Å². The van der Waals surface area contributed by atoms with E-state index in [2.05, 4.69) is 0 Å². The van der Waals surface area contributed by atoms with Gasteiger partial charge in [-0.25, -0.2) is 4.79 Å². The summed E-state index contributed by atoms with van der Waals surface area (Å²) >= 11 is 0. The Morgan fingerprint density at radius 3 is 2.65 bits per heavy atom. The van der Waals surface area contributed by atoms with Crippen LogP contribution in [-0.2, 0) is 0 Å². The van der Waals surface area contributed by atoms with E-state index in [0.717, 1.165) is 6.26 Å². The van der Waals surface area contributed by atoms with Crippen LogP contribution < -0.4 is 0 Å². The van der Waals surface area contributed by atoms with Crippen LogP contribution in [0.4, 0.5) is 0 Å². The van der Waals surface area contributed by atoms with Gasteiger partial charge >= 0.3 is 5.97 Å². The maximum atomic E-state index is 11.9. The molecule has 0 aliphatic carbocycles. The van der Waals surface area contributed by atoms with Gasteiger partial charge in [-0.05, 0) is 13.3 Å². The lowest BCUT2D eigenvalue weighted by molar-refractivity contribution is 0.0693. The van der Waals surface area contributed by atoms with Crippen LogP contribution in [0.1, 0.15) is 34.3 Å². The number of aliphatic hydroxyl groups is 1. The smallest absolute Gasteiger partial charge is 0.338 e. The van der Waals surface area contributed by atoms with Crippen molar-refractivity contribution in [2.45, 2.75) is 13.3 Å². The summed E-state index contributed by atoms with van der Waals surface area (Å²) in [7, 11) is 0. The molecule has 2 N–H and O–H groups in total. The van der Waals surface area contributed by atoms with Gasteiger partial charge in [0.25, 0.3) is 5.91 Å². The number of carbonyl (C=O) groups is 2. The number of hydrogen-bond donors (Lipinski definition) is 2. The Labute approximate surface area is 98.5 Å². The molecule has 0 saturated heterocycles. The topological polar surface area (TPSA) is 91.0 Å². The third-order valence-corrected chi connectivity index (χ3v) is 2.31. The normalized spacial score (nSPS) is 10.2. The molecule has 17 heavy (non-hydrogen) atoms. The summed E-state index contributed by atoms with van der Waals surface area (Å²) < 4.78 is 4.92. The van der Waals surface area contributed by atoms with E-state index in [0.29, 0.717) is 19.5 Å². The number of hydrogen-bond acceptors (Lipinski definition) is 4. The fourth-order valence-corrected chi connectivity index (χ4v) is 1.38. The van der Waals surface area contributed by atoms with Crippen molar-refractivity contribution in [1.82, 2.24) is 4.90 Å². The highest BCUT2D eigenvalue weighted by Crippen LogP contribution is 2.11. The zero-order valence-corrected chi connectivity index (χ0v) is 9.55. The molecule has 94 valence electrons. The van der Waals surface area contributed by atoms with Gasteiger partial charge in [0.1, 0.15) is 6.26 Å². The molecule has 1 aromatic rings. The van der Waals surface area contributed by atoms with E-state index < -0.39 is 5.97 Å². The Hall–Kier alpha value is -1.82. The Kier molecular flexibility index (Phi) is 4.71. The Balaban J connectivity index is 2.75. The van der Waals surface area contributed by atoms with E-state index in [1.54, 1.807) is 6.92 Å². The van der Waals surface area contributed by atoms with Crippen molar-refractivity contribution in [2.24, 2.45) is 0 Å². The van der Waals surface area contributed by atoms with Crippen molar-refractivity contribution in [3.05, 3.63) is 23.7 Å². The van der Waals surface area contributed by atoms with Crippen LogP contribution >= 0.6 is 0 Å². The second-order valence-electron chi connectivity index (χ2n) is 3.47. The van der Waals surface area contributed by atoms with Crippen LogP contribution in [0.2, 0.25) is 0 Å². The highest BCUT2D eigenvalue weighted by Gasteiger charge is 2.19. The van der Waals surface area contributed by atoms with E-state index in [1.807, 2.05) is 0 Å². The largest absolute Gasteiger partial charge is 0.478 e. The first-order valence-electron chi connectivity index (χ1n) is 5.32. The van der Waals surface area contributed by atoms with E-state index in [-0.39, 0.29) is 23.8 Å². The molecule has 0 aromatic carbocycles. The van der Waals surface area contributed by atoms with Crippen LogP contribution in [0.3, 0.4) is 0 Å². The average molecular weight is 241 g/mol. The second kappa shape index (κ2) is 6.05. The number of rotatable bonds is 6. The van der Waals surface area contributed by atoms with E-state index in [4.69, 9.17) is 14.6 Å². The summed E-state index contributed by atoms with van der Waals surface area (Å²) in [5.74, 6) is -1.50. The minimum absolute atomic E-state index is 0.00203. The molecular weight excluding hydrogens is 226 g/mol. The first-order valence-corrected chi connectivity index (χ1v) is 5.32. The lowest BCUT2D eigenvalue weighted by atomic mass is 10.3. The molecule has 1 aromatic heterocycles. The van der Waals surface area contributed by atoms with E-state index in [1.165, 1.54) is 11.0 Å². The quantitative estimate of drug-likeness (QED) is 0.769. The van der Waals surface area contributed by atoms with Gasteiger partial charge in [-0.1, -0.05) is 0 Å². The molecule has 0 fully saturated rings. The summed E-state index contributed by atoms with van der Waals surface area (Å²) in [4.78, 5) is 24.0. The van der Waals surface area contributed by atoms with Crippen molar-refractivity contribution in [2.75, 3.05) is 19.7 Å². The van der Waals surface area contributed by atoms with E-state index in [9.17, 15) is 9.59 Å². The number of carbonyl (C=O) groups excluding carboxylic acids is 1. The summed E-state index contributed by atoms with van der Waals surface area (Å²) in [5, 5.41) is 17.4. The van der Waals surface area contributed by atoms with Gasteiger partial charge in [0.2, 0.25) is 0 Å². The lowest BCUT2D eigenvalue weighted by Gasteiger charge is -2.18. The molecular formula is C11H15NO5. The number of nitrogens with zero attached hydrogens (tertiary/aromatic N) is 1. The molecule has 1 heterocycles. The molecule has 0 bridgehead atoms. The van der Waals surface area contributed by atoms with Gasteiger partial charge in [-0.2, -0.15) is 0 Å². The van der Waals surface area contributed by atoms with Gasteiger partial charge in [0, 0.05) is 25.8 Å². The molecule has 0 unspecified atom stereocenters. The molecule has 6 heteroatoms. The third-order valence-electron chi connectivity index (χ3n) is 2.31. The fraction of sp³-hybridized carbons (Fsp3) is 0.455. The van der Waals surface area contributed by atoms with Crippen LogP contribution in [0.5, 0.6) is 0 Å². The maximum Gasteiger partial charge on any atom is 0.338 e. The standard InChI is InChI=1S/C11H15NO5/c1-2-12(4-3-5-13)10(14)9-6-8(7-17-9)11(15)16/h6-7,13H,2-5H2,1H3,(H,15,16). The summed E-state index contributed by atoms with van der Waals surface area (Å²) in [6.07, 6.45) is 1.52. The molecule has 6 nitrogen and oxygen atoms in total. The Bertz CT molecular complexity index is 398. The summed E-state index contributed by atoms with van der Waals surface area (Å²) in [6, 6.07) is 1.20. The molecule has 1 amide bonds. The molecule has 1 rings (SSSR count). The molecule has 0 aliphatic rings. The minimum Gasteiger partial charge on any atom is -0.478 e. The minimum atomic E-state index is -1.13. The van der Waals surface area contributed by atoms with Crippen molar-refractivity contribution < 1.29 is 24.2 Å². The van der Waals surface area contributed by atoms with Gasteiger partial charge in [-0.3, -0.25) is 4.79 Å². The van der Waals surface area contributed by atoms with Crippen molar-refractivity contribution in [3.63, 3.8) is 0 Å². The molecule has 0 atom stereocenters. The SMILES string of the molecule is CCN(CCCO)C(=O)c1cc(C(=O)O)co1. The summed E-state index contributed by atoms with van der Waals surface area (Å²) in [5.41, 5.74) is -0.0495. The molecule has 0 aliphatic heterocycles. The highest BCUT2D eigenvalue weighted by molar-refractivity contribution is 5.95. The monoisotopic (exact) mass is 241 g/mol. The number of carboxylic acid groups (broad SMARTS) is 1. The number of furan rings is 1. The highest BCUT2D eigenvalue weighted by atomic mass is 16.4. The van der Waals surface area contributed by atoms with Crippen molar-refractivity contribution in [1.29, 1.82) is 0 Å². The van der Waals surface area contributed by atoms with Gasteiger partial charge < -0.3 is 19.5 Å². The van der Waals surface area contributed by atoms with Crippen LogP contribution in [0.15, 0.2) is 16.7 Å². The number of amides is 1. The second-order valence-corrected chi connectivity index (χ2v) is 3.47. The van der Waals surface area contributed by atoms with Crippen molar-refractivity contribution >= 4 is 11.9 Å². The molecule has 0 spiro atoms. The van der Waals surface area contributed by atoms with Crippen LogP contribution in [-0.4, -0.2) is 46.7 Å². The Morgan fingerprint density at radius 2 is 2.18 bits per heavy atom. The fourth-order valence-electron chi connectivity index (χ4n) is 1.38. The molecule has 0 saturated carbocycles. The number of aromatic carboxylic acids is 1. The Morgan fingerprint density at radius 1 is 1.47 bits per heavy atom. The van der Waals surface area contributed by atoms with Gasteiger partial charge in [0.15, 0.2) is 5.76 Å². The first-order chi connectivity index (χ1) is 8.10. The van der Waals surface area contributed by atoms with Crippen LogP contribution in [0, 0.1) is 0 Å². The van der Waals surface area contributed by atoms with E-state index >= 15 is 0 Å². The van der Waals surface area contributed by atoms with Gasteiger partial charge in [-0.15, -0.1) is 0 Å².